The minimum atomic E-state index is -0.259. The fraction of sp³-hybridized carbons (Fsp3) is 0.409. The lowest BCUT2D eigenvalue weighted by Gasteiger charge is -2.34. The van der Waals surface area contributed by atoms with E-state index in [4.69, 9.17) is 4.74 Å². The third kappa shape index (κ3) is 5.78. The quantitative estimate of drug-likeness (QED) is 0.796. The molecule has 0 aliphatic carbocycles. The minimum Gasteiger partial charge on any atom is -0.492 e. The molecule has 0 bridgehead atoms. The Labute approximate surface area is 166 Å². The highest BCUT2D eigenvalue weighted by Crippen LogP contribution is 2.19. The molecule has 1 aliphatic heterocycles. The Morgan fingerprint density at radius 2 is 1.61 bits per heavy atom. The molecular formula is C22H28FN3O2. The summed E-state index contributed by atoms with van der Waals surface area (Å²) in [6.07, 6.45) is 0. The van der Waals surface area contributed by atoms with Crippen molar-refractivity contribution in [2.24, 2.45) is 0 Å². The van der Waals surface area contributed by atoms with E-state index in [1.54, 1.807) is 12.1 Å². The van der Waals surface area contributed by atoms with E-state index >= 15 is 0 Å². The molecule has 5 nitrogen and oxygen atoms in total. The summed E-state index contributed by atoms with van der Waals surface area (Å²) in [4.78, 5) is 16.9. The van der Waals surface area contributed by atoms with Crippen molar-refractivity contribution in [3.8, 4) is 5.75 Å². The number of halogens is 1. The number of nitrogens with one attached hydrogen (secondary N) is 1. The van der Waals surface area contributed by atoms with Crippen LogP contribution in [0.4, 0.5) is 10.1 Å². The fourth-order valence-corrected chi connectivity index (χ4v) is 3.39. The second-order valence-corrected chi connectivity index (χ2v) is 7.24. The maximum Gasteiger partial charge on any atom is 0.238 e. The molecule has 2 aromatic rings. The van der Waals surface area contributed by atoms with Crippen molar-refractivity contribution >= 4 is 11.6 Å². The van der Waals surface area contributed by atoms with E-state index in [0.29, 0.717) is 18.9 Å². The highest BCUT2D eigenvalue weighted by Gasteiger charge is 2.19. The number of rotatable bonds is 7. The highest BCUT2D eigenvalue weighted by molar-refractivity contribution is 5.93. The van der Waals surface area contributed by atoms with Crippen LogP contribution in [0.25, 0.3) is 0 Å². The van der Waals surface area contributed by atoms with Gasteiger partial charge in [-0.2, -0.15) is 0 Å². The normalized spacial score (nSPS) is 15.4. The van der Waals surface area contributed by atoms with Gasteiger partial charge >= 0.3 is 0 Å². The van der Waals surface area contributed by atoms with Gasteiger partial charge in [-0.15, -0.1) is 0 Å². The van der Waals surface area contributed by atoms with Crippen molar-refractivity contribution in [1.29, 1.82) is 0 Å². The van der Waals surface area contributed by atoms with E-state index in [1.165, 1.54) is 12.1 Å². The maximum atomic E-state index is 12.9. The lowest BCUT2D eigenvalue weighted by Crippen LogP contribution is -2.49. The largest absolute Gasteiger partial charge is 0.492 e. The van der Waals surface area contributed by atoms with E-state index in [9.17, 15) is 9.18 Å². The van der Waals surface area contributed by atoms with Crippen molar-refractivity contribution in [3.63, 3.8) is 0 Å². The lowest BCUT2D eigenvalue weighted by molar-refractivity contribution is -0.117. The molecule has 1 heterocycles. The Morgan fingerprint density at radius 3 is 2.25 bits per heavy atom. The van der Waals surface area contributed by atoms with Gasteiger partial charge < -0.3 is 10.1 Å². The first kappa shape index (κ1) is 20.3. The average molecular weight is 385 g/mol. The smallest absolute Gasteiger partial charge is 0.238 e. The van der Waals surface area contributed by atoms with E-state index in [1.807, 2.05) is 32.0 Å². The van der Waals surface area contributed by atoms with Gasteiger partial charge in [0.2, 0.25) is 5.91 Å². The zero-order valence-electron chi connectivity index (χ0n) is 16.6. The van der Waals surface area contributed by atoms with Crippen LogP contribution in [0.2, 0.25) is 0 Å². The Kier molecular flexibility index (Phi) is 7.01. The van der Waals surface area contributed by atoms with Crippen LogP contribution in [0.15, 0.2) is 42.5 Å². The molecule has 1 fully saturated rings. The van der Waals surface area contributed by atoms with Crippen LogP contribution in [0.5, 0.6) is 5.75 Å². The van der Waals surface area contributed by atoms with E-state index in [-0.39, 0.29) is 11.7 Å². The first-order chi connectivity index (χ1) is 13.5. The van der Waals surface area contributed by atoms with E-state index in [0.717, 1.165) is 49.5 Å². The zero-order valence-corrected chi connectivity index (χ0v) is 16.6. The van der Waals surface area contributed by atoms with Crippen LogP contribution in [0.3, 0.4) is 0 Å². The van der Waals surface area contributed by atoms with Crippen LogP contribution < -0.4 is 10.1 Å². The molecule has 0 aromatic heterocycles. The molecule has 2 aromatic carbocycles. The van der Waals surface area contributed by atoms with Crippen LogP contribution >= 0.6 is 0 Å². The summed E-state index contributed by atoms with van der Waals surface area (Å²) in [6, 6.07) is 12.1. The number of para-hydroxylation sites is 1. The number of anilines is 1. The van der Waals surface area contributed by atoms with E-state index in [2.05, 4.69) is 15.1 Å². The Morgan fingerprint density at radius 1 is 1.00 bits per heavy atom. The summed E-state index contributed by atoms with van der Waals surface area (Å²) >= 11 is 0. The summed E-state index contributed by atoms with van der Waals surface area (Å²) in [7, 11) is 0. The second kappa shape index (κ2) is 9.66. The monoisotopic (exact) mass is 385 g/mol. The van der Waals surface area contributed by atoms with Gasteiger partial charge in [0.15, 0.2) is 0 Å². The number of carbonyl (C=O) groups excluding carboxylic acids is 1. The zero-order chi connectivity index (χ0) is 19.9. The number of amides is 1. The molecule has 6 heteroatoms. The number of carbonyl (C=O) groups is 1. The molecule has 3 rings (SSSR count). The van der Waals surface area contributed by atoms with Crippen LogP contribution in [-0.2, 0) is 4.79 Å². The van der Waals surface area contributed by atoms with Crippen LogP contribution in [0, 0.1) is 19.7 Å². The van der Waals surface area contributed by atoms with Gasteiger partial charge in [0.25, 0.3) is 0 Å². The van der Waals surface area contributed by atoms with Crippen molar-refractivity contribution in [1.82, 2.24) is 9.80 Å². The molecule has 0 spiro atoms. The van der Waals surface area contributed by atoms with Crippen molar-refractivity contribution in [3.05, 3.63) is 59.4 Å². The number of aryl methyl sites for hydroxylation is 2. The van der Waals surface area contributed by atoms with Crippen LogP contribution in [0.1, 0.15) is 11.1 Å². The molecule has 0 saturated carbocycles. The summed E-state index contributed by atoms with van der Waals surface area (Å²) in [6.45, 7) is 9.34. The fourth-order valence-electron chi connectivity index (χ4n) is 3.39. The van der Waals surface area contributed by atoms with Gasteiger partial charge in [0.05, 0.1) is 6.54 Å². The van der Waals surface area contributed by atoms with Gasteiger partial charge in [-0.05, 0) is 49.2 Å². The van der Waals surface area contributed by atoms with Gasteiger partial charge in [0.1, 0.15) is 18.2 Å². The number of hydrogen-bond acceptors (Lipinski definition) is 4. The molecule has 150 valence electrons. The molecule has 1 saturated heterocycles. The van der Waals surface area contributed by atoms with Crippen molar-refractivity contribution in [2.75, 3.05) is 51.2 Å². The van der Waals surface area contributed by atoms with Crippen molar-refractivity contribution in [2.45, 2.75) is 13.8 Å². The Hall–Kier alpha value is -2.44. The number of hydrogen-bond donors (Lipinski definition) is 1. The summed E-state index contributed by atoms with van der Waals surface area (Å²) in [5.41, 5.74) is 3.09. The predicted molar refractivity (Wildman–Crippen MR) is 109 cm³/mol. The molecule has 1 amide bonds. The Bertz CT molecular complexity index is 767. The number of ether oxygens (including phenoxy) is 1. The summed E-state index contributed by atoms with van der Waals surface area (Å²) in [5, 5.41) is 3.05. The minimum absolute atomic E-state index is 0.0329. The highest BCUT2D eigenvalue weighted by atomic mass is 19.1. The number of nitrogens with zero attached hydrogens (tertiary/aromatic N) is 2. The number of benzene rings is 2. The molecule has 0 radical (unpaired) electrons. The molecule has 0 unspecified atom stereocenters. The third-order valence-electron chi connectivity index (χ3n) is 5.07. The van der Waals surface area contributed by atoms with Crippen molar-refractivity contribution < 1.29 is 13.9 Å². The van der Waals surface area contributed by atoms with Gasteiger partial charge in [-0.3, -0.25) is 14.6 Å². The first-order valence-corrected chi connectivity index (χ1v) is 9.70. The molecule has 1 N–H and O–H groups in total. The van der Waals surface area contributed by atoms with Gasteiger partial charge in [-0.25, -0.2) is 4.39 Å². The molecular weight excluding hydrogens is 357 g/mol. The van der Waals surface area contributed by atoms with Gasteiger partial charge in [-0.1, -0.05) is 18.2 Å². The summed E-state index contributed by atoms with van der Waals surface area (Å²) < 4.78 is 18.5. The SMILES string of the molecule is Cc1cccc(C)c1NC(=O)CN1CCN(CCOc2ccc(F)cc2)CC1. The molecule has 0 atom stereocenters. The van der Waals surface area contributed by atoms with Gasteiger partial charge in [0, 0.05) is 38.4 Å². The maximum absolute atomic E-state index is 12.9. The lowest BCUT2D eigenvalue weighted by atomic mass is 10.1. The van der Waals surface area contributed by atoms with Crippen LogP contribution in [-0.4, -0.2) is 61.6 Å². The number of piperazine rings is 1. The first-order valence-electron chi connectivity index (χ1n) is 9.70. The molecule has 1 aliphatic rings. The topological polar surface area (TPSA) is 44.8 Å². The average Bonchev–Trinajstić information content (AvgIpc) is 2.68. The molecule has 28 heavy (non-hydrogen) atoms. The Balaban J connectivity index is 1.36. The van der Waals surface area contributed by atoms with E-state index < -0.39 is 0 Å². The standard InChI is InChI=1S/C22H28FN3O2/c1-17-4-3-5-18(2)22(17)24-21(27)16-26-12-10-25(11-13-26)14-15-28-20-8-6-19(23)7-9-20/h3-9H,10-16H2,1-2H3,(H,24,27). The summed E-state index contributed by atoms with van der Waals surface area (Å²) in [5.74, 6) is 0.457. The third-order valence-corrected chi connectivity index (χ3v) is 5.07. The predicted octanol–water partition coefficient (Wildman–Crippen LogP) is 3.08. The second-order valence-electron chi connectivity index (χ2n) is 7.24.